The Morgan fingerprint density at radius 2 is 2.53 bits per heavy atom. The molecule has 0 spiro atoms. The average molecular weight is 211 g/mol. The van der Waals surface area contributed by atoms with Crippen LogP contribution < -0.4 is 11.1 Å². The molecule has 0 heterocycles. The molecule has 4 heteroatoms. The predicted octanol–water partition coefficient (Wildman–Crippen LogP) is 1.04. The van der Waals surface area contributed by atoms with E-state index in [9.17, 15) is 0 Å². The van der Waals surface area contributed by atoms with Gasteiger partial charge in [-0.05, 0) is 25.7 Å². The fourth-order valence-corrected chi connectivity index (χ4v) is 1.63. The summed E-state index contributed by atoms with van der Waals surface area (Å²) in [6.45, 7) is 2.12. The van der Waals surface area contributed by atoms with Gasteiger partial charge in [0.05, 0.1) is 13.2 Å². The zero-order valence-corrected chi connectivity index (χ0v) is 9.46. The van der Waals surface area contributed by atoms with Crippen LogP contribution in [0.4, 0.5) is 0 Å². The first kappa shape index (κ1) is 12.0. The molecule has 4 nitrogen and oxygen atoms in total. The van der Waals surface area contributed by atoms with E-state index in [-0.39, 0.29) is 0 Å². The van der Waals surface area contributed by atoms with E-state index in [1.165, 1.54) is 19.3 Å². The number of aliphatic imine (C=N–C) groups is 1. The Balaban J connectivity index is 2.05. The number of allylic oxidation sites excluding steroid dienone is 1. The summed E-state index contributed by atoms with van der Waals surface area (Å²) < 4.78 is 4.88. The lowest BCUT2D eigenvalue weighted by Gasteiger charge is -2.05. The number of methoxy groups -OCH3 is 1. The molecule has 3 N–H and O–H groups in total. The van der Waals surface area contributed by atoms with Gasteiger partial charge in [-0.25, -0.2) is 0 Å². The first-order valence-corrected chi connectivity index (χ1v) is 5.53. The maximum absolute atomic E-state index is 5.66. The summed E-state index contributed by atoms with van der Waals surface area (Å²) in [4.78, 5) is 4.12. The molecule has 15 heavy (non-hydrogen) atoms. The molecule has 0 bridgehead atoms. The second kappa shape index (κ2) is 7.29. The molecule has 1 aliphatic rings. The molecular weight excluding hydrogens is 190 g/mol. The van der Waals surface area contributed by atoms with E-state index in [4.69, 9.17) is 10.5 Å². The first-order chi connectivity index (χ1) is 7.33. The van der Waals surface area contributed by atoms with Crippen LogP contribution in [0.15, 0.2) is 16.6 Å². The van der Waals surface area contributed by atoms with Crippen molar-refractivity contribution in [2.75, 3.05) is 26.8 Å². The highest BCUT2D eigenvalue weighted by atomic mass is 16.5. The maximum Gasteiger partial charge on any atom is 0.188 e. The molecular formula is C11H21N3O. The minimum absolute atomic E-state index is 0.519. The van der Waals surface area contributed by atoms with Crippen LogP contribution in [0, 0.1) is 0 Å². The minimum Gasteiger partial charge on any atom is -0.383 e. The van der Waals surface area contributed by atoms with Crippen molar-refractivity contribution < 1.29 is 4.74 Å². The minimum atomic E-state index is 0.519. The van der Waals surface area contributed by atoms with Gasteiger partial charge in [0.2, 0.25) is 0 Å². The van der Waals surface area contributed by atoms with E-state index < -0.39 is 0 Å². The van der Waals surface area contributed by atoms with Gasteiger partial charge in [0.15, 0.2) is 5.96 Å². The first-order valence-electron chi connectivity index (χ1n) is 5.53. The quantitative estimate of drug-likeness (QED) is 0.299. The fourth-order valence-electron chi connectivity index (χ4n) is 1.63. The molecule has 0 amide bonds. The van der Waals surface area contributed by atoms with Gasteiger partial charge < -0.3 is 15.8 Å². The lowest BCUT2D eigenvalue weighted by molar-refractivity contribution is 0.208. The molecule has 0 radical (unpaired) electrons. The molecule has 0 aromatic heterocycles. The van der Waals surface area contributed by atoms with Crippen molar-refractivity contribution >= 4 is 5.96 Å². The van der Waals surface area contributed by atoms with E-state index in [0.717, 1.165) is 13.0 Å². The SMILES string of the molecule is COCCN=C(N)NCCC1=CCCC1. The largest absolute Gasteiger partial charge is 0.383 e. The molecule has 0 aliphatic heterocycles. The Morgan fingerprint density at radius 1 is 1.67 bits per heavy atom. The van der Waals surface area contributed by atoms with Crippen molar-refractivity contribution in [2.24, 2.45) is 10.7 Å². The molecule has 0 unspecified atom stereocenters. The molecule has 1 aliphatic carbocycles. The van der Waals surface area contributed by atoms with Crippen LogP contribution in [0.3, 0.4) is 0 Å². The van der Waals surface area contributed by atoms with Gasteiger partial charge >= 0.3 is 0 Å². The van der Waals surface area contributed by atoms with E-state index in [1.54, 1.807) is 12.7 Å². The molecule has 0 saturated carbocycles. The monoisotopic (exact) mass is 211 g/mol. The predicted molar refractivity (Wildman–Crippen MR) is 62.9 cm³/mol. The Morgan fingerprint density at radius 3 is 3.20 bits per heavy atom. The number of nitrogens with two attached hydrogens (primary N) is 1. The van der Waals surface area contributed by atoms with Crippen LogP contribution in [-0.4, -0.2) is 32.8 Å². The maximum atomic E-state index is 5.66. The number of rotatable bonds is 6. The third-order valence-electron chi connectivity index (χ3n) is 2.46. The summed E-state index contributed by atoms with van der Waals surface area (Å²) in [6, 6.07) is 0. The zero-order valence-electron chi connectivity index (χ0n) is 9.46. The Bertz CT molecular complexity index is 236. The lowest BCUT2D eigenvalue weighted by Crippen LogP contribution is -2.32. The molecule has 0 atom stereocenters. The average Bonchev–Trinajstić information content (AvgIpc) is 2.71. The Hall–Kier alpha value is -1.03. The highest BCUT2D eigenvalue weighted by molar-refractivity contribution is 5.77. The lowest BCUT2D eigenvalue weighted by atomic mass is 10.2. The second-order valence-electron chi connectivity index (χ2n) is 3.69. The number of nitrogens with zero attached hydrogens (tertiary/aromatic N) is 1. The standard InChI is InChI=1S/C11H21N3O/c1-15-9-8-14-11(12)13-7-6-10-4-2-3-5-10/h4H,2-3,5-9H2,1H3,(H3,12,13,14). The Labute approximate surface area is 91.6 Å². The van der Waals surface area contributed by atoms with Crippen molar-refractivity contribution in [3.63, 3.8) is 0 Å². The highest BCUT2D eigenvalue weighted by Gasteiger charge is 2.03. The van der Waals surface area contributed by atoms with Crippen molar-refractivity contribution in [3.05, 3.63) is 11.6 Å². The van der Waals surface area contributed by atoms with Crippen LogP contribution in [0.5, 0.6) is 0 Å². The number of hydrogen-bond donors (Lipinski definition) is 2. The van der Waals surface area contributed by atoms with Gasteiger partial charge in [-0.15, -0.1) is 0 Å². The van der Waals surface area contributed by atoms with Crippen LogP contribution in [0.2, 0.25) is 0 Å². The normalized spacial score (nSPS) is 16.6. The van der Waals surface area contributed by atoms with Crippen molar-refractivity contribution in [1.82, 2.24) is 5.32 Å². The number of nitrogens with one attached hydrogen (secondary N) is 1. The molecule has 0 aromatic carbocycles. The fraction of sp³-hybridized carbons (Fsp3) is 0.727. The van der Waals surface area contributed by atoms with E-state index in [2.05, 4.69) is 16.4 Å². The summed E-state index contributed by atoms with van der Waals surface area (Å²) in [5, 5.41) is 3.10. The zero-order chi connectivity index (χ0) is 10.9. The van der Waals surface area contributed by atoms with Crippen molar-refractivity contribution in [2.45, 2.75) is 25.7 Å². The van der Waals surface area contributed by atoms with Crippen molar-refractivity contribution in [1.29, 1.82) is 0 Å². The number of guanidine groups is 1. The van der Waals surface area contributed by atoms with Gasteiger partial charge in [0.1, 0.15) is 0 Å². The molecule has 0 saturated heterocycles. The molecule has 1 rings (SSSR count). The van der Waals surface area contributed by atoms with E-state index in [0.29, 0.717) is 19.1 Å². The second-order valence-corrected chi connectivity index (χ2v) is 3.69. The van der Waals surface area contributed by atoms with E-state index in [1.807, 2.05) is 0 Å². The summed E-state index contributed by atoms with van der Waals surface area (Å²) in [6.07, 6.45) is 7.22. The third kappa shape index (κ3) is 5.42. The smallest absolute Gasteiger partial charge is 0.188 e. The third-order valence-corrected chi connectivity index (χ3v) is 2.46. The Kier molecular flexibility index (Phi) is 5.85. The summed E-state index contributed by atoms with van der Waals surface area (Å²) in [5.74, 6) is 0.519. The van der Waals surface area contributed by atoms with Gasteiger partial charge in [-0.2, -0.15) is 0 Å². The molecule has 86 valence electrons. The summed E-state index contributed by atoms with van der Waals surface area (Å²) in [5.41, 5.74) is 7.21. The van der Waals surface area contributed by atoms with Gasteiger partial charge in [-0.1, -0.05) is 11.6 Å². The van der Waals surface area contributed by atoms with Crippen LogP contribution in [0.1, 0.15) is 25.7 Å². The van der Waals surface area contributed by atoms with Gasteiger partial charge in [0, 0.05) is 13.7 Å². The summed E-state index contributed by atoms with van der Waals surface area (Å²) in [7, 11) is 1.66. The highest BCUT2D eigenvalue weighted by Crippen LogP contribution is 2.19. The van der Waals surface area contributed by atoms with Crippen LogP contribution >= 0.6 is 0 Å². The summed E-state index contributed by atoms with van der Waals surface area (Å²) >= 11 is 0. The van der Waals surface area contributed by atoms with Crippen molar-refractivity contribution in [3.8, 4) is 0 Å². The topological polar surface area (TPSA) is 59.6 Å². The van der Waals surface area contributed by atoms with Crippen LogP contribution in [-0.2, 0) is 4.74 Å². The van der Waals surface area contributed by atoms with Crippen LogP contribution in [0.25, 0.3) is 0 Å². The number of ether oxygens (including phenoxy) is 1. The van der Waals surface area contributed by atoms with Gasteiger partial charge in [-0.3, -0.25) is 4.99 Å². The number of hydrogen-bond acceptors (Lipinski definition) is 2. The van der Waals surface area contributed by atoms with E-state index >= 15 is 0 Å². The van der Waals surface area contributed by atoms with Gasteiger partial charge in [0.25, 0.3) is 0 Å². The molecule has 0 fully saturated rings. The molecule has 0 aromatic rings.